The standard InChI is InChI=1S/C19H18Cl2O2S2/c1-10(22)17-11-7-19(2,3)8-15(23)16(11)18(25-17)24-9-12-13(20)5-4-6-14(12)21/h4-6H,7-9H2,1-3H3. The Labute approximate surface area is 165 Å². The van der Waals surface area contributed by atoms with E-state index in [1.807, 2.05) is 18.2 Å². The first kappa shape index (κ1) is 19.0. The molecule has 0 N–H and O–H groups in total. The van der Waals surface area contributed by atoms with E-state index in [2.05, 4.69) is 13.8 Å². The van der Waals surface area contributed by atoms with Gasteiger partial charge >= 0.3 is 0 Å². The summed E-state index contributed by atoms with van der Waals surface area (Å²) in [6.45, 7) is 5.72. The summed E-state index contributed by atoms with van der Waals surface area (Å²) in [6.07, 6.45) is 1.27. The summed E-state index contributed by atoms with van der Waals surface area (Å²) in [5.41, 5.74) is 2.41. The summed E-state index contributed by atoms with van der Waals surface area (Å²) >= 11 is 15.5. The van der Waals surface area contributed by atoms with Crippen molar-refractivity contribution in [2.45, 2.75) is 43.6 Å². The molecule has 1 aromatic carbocycles. The average Bonchev–Trinajstić information content (AvgIpc) is 2.84. The van der Waals surface area contributed by atoms with Crippen molar-refractivity contribution in [3.63, 3.8) is 0 Å². The molecule has 25 heavy (non-hydrogen) atoms. The molecule has 2 aromatic rings. The molecule has 0 saturated heterocycles. The number of carbonyl (C=O) groups is 2. The second-order valence-electron chi connectivity index (χ2n) is 7.06. The van der Waals surface area contributed by atoms with Crippen molar-refractivity contribution in [1.82, 2.24) is 0 Å². The Morgan fingerprint density at radius 3 is 2.48 bits per heavy atom. The molecule has 0 fully saturated rings. The van der Waals surface area contributed by atoms with Crippen molar-refractivity contribution in [3.05, 3.63) is 49.8 Å². The lowest BCUT2D eigenvalue weighted by atomic mass is 9.74. The minimum Gasteiger partial charge on any atom is -0.294 e. The van der Waals surface area contributed by atoms with Crippen molar-refractivity contribution in [2.75, 3.05) is 0 Å². The van der Waals surface area contributed by atoms with Crippen molar-refractivity contribution >= 4 is 57.9 Å². The van der Waals surface area contributed by atoms with Gasteiger partial charge in [-0.3, -0.25) is 9.59 Å². The van der Waals surface area contributed by atoms with Gasteiger partial charge in [0.05, 0.1) is 9.09 Å². The van der Waals surface area contributed by atoms with Crippen LogP contribution in [-0.2, 0) is 12.2 Å². The summed E-state index contributed by atoms with van der Waals surface area (Å²) < 4.78 is 0.900. The second-order valence-corrected chi connectivity index (χ2v) is 10.1. The van der Waals surface area contributed by atoms with Gasteiger partial charge in [0.2, 0.25) is 0 Å². The molecular weight excluding hydrogens is 395 g/mol. The summed E-state index contributed by atoms with van der Waals surface area (Å²) in [5.74, 6) is 0.719. The molecule has 0 atom stereocenters. The lowest BCUT2D eigenvalue weighted by Gasteiger charge is -2.29. The number of fused-ring (bicyclic) bond motifs is 1. The number of thiophene rings is 1. The Morgan fingerprint density at radius 2 is 1.88 bits per heavy atom. The fourth-order valence-electron chi connectivity index (χ4n) is 3.15. The molecule has 132 valence electrons. The number of ketones is 2. The Balaban J connectivity index is 1.98. The van der Waals surface area contributed by atoms with Gasteiger partial charge in [-0.25, -0.2) is 0 Å². The van der Waals surface area contributed by atoms with Crippen molar-refractivity contribution in [1.29, 1.82) is 0 Å². The van der Waals surface area contributed by atoms with Crippen LogP contribution >= 0.6 is 46.3 Å². The topological polar surface area (TPSA) is 34.1 Å². The van der Waals surface area contributed by atoms with Gasteiger partial charge in [-0.05, 0) is 42.0 Å². The first-order valence-corrected chi connectivity index (χ1v) is 10.5. The van der Waals surface area contributed by atoms with Gasteiger partial charge in [0.15, 0.2) is 11.6 Å². The van der Waals surface area contributed by atoms with E-state index >= 15 is 0 Å². The second kappa shape index (κ2) is 7.07. The average molecular weight is 413 g/mol. The molecule has 6 heteroatoms. The molecule has 0 saturated carbocycles. The van der Waals surface area contributed by atoms with Crippen LogP contribution in [0.1, 0.15) is 58.3 Å². The molecule has 3 rings (SSSR count). The maximum absolute atomic E-state index is 12.7. The van der Waals surface area contributed by atoms with E-state index in [1.165, 1.54) is 23.1 Å². The number of carbonyl (C=O) groups excluding carboxylic acids is 2. The predicted octanol–water partition coefficient (Wildman–Crippen LogP) is 6.70. The fraction of sp³-hybridized carbons (Fsp3) is 0.368. The number of thioether (sulfide) groups is 1. The van der Waals surface area contributed by atoms with Gasteiger partial charge in [0, 0.05) is 27.8 Å². The minimum atomic E-state index is -0.108. The number of benzene rings is 1. The molecule has 1 aromatic heterocycles. The molecule has 1 heterocycles. The molecule has 1 aliphatic carbocycles. The lowest BCUT2D eigenvalue weighted by Crippen LogP contribution is -2.27. The van der Waals surface area contributed by atoms with Crippen LogP contribution in [0.5, 0.6) is 0 Å². The third-order valence-electron chi connectivity index (χ3n) is 4.28. The van der Waals surface area contributed by atoms with Gasteiger partial charge in [-0.1, -0.05) is 43.1 Å². The predicted molar refractivity (Wildman–Crippen MR) is 107 cm³/mol. The monoisotopic (exact) mass is 412 g/mol. The molecule has 0 unspecified atom stereocenters. The van der Waals surface area contributed by atoms with E-state index in [4.69, 9.17) is 23.2 Å². The Hall–Kier alpha value is -0.810. The zero-order chi connectivity index (χ0) is 18.4. The van der Waals surface area contributed by atoms with Crippen LogP contribution in [0, 0.1) is 5.41 Å². The zero-order valence-corrected chi connectivity index (χ0v) is 17.4. The highest BCUT2D eigenvalue weighted by atomic mass is 35.5. The first-order chi connectivity index (χ1) is 11.7. The van der Waals surface area contributed by atoms with E-state index < -0.39 is 0 Å². The highest BCUT2D eigenvalue weighted by molar-refractivity contribution is 8.00. The van der Waals surface area contributed by atoms with E-state index in [9.17, 15) is 9.59 Å². The number of Topliss-reactive ketones (excluding diaryl/α,β-unsaturated/α-hetero) is 2. The highest BCUT2D eigenvalue weighted by Crippen LogP contribution is 2.46. The van der Waals surface area contributed by atoms with Crippen molar-refractivity contribution < 1.29 is 9.59 Å². The Morgan fingerprint density at radius 1 is 1.24 bits per heavy atom. The smallest absolute Gasteiger partial charge is 0.170 e. The van der Waals surface area contributed by atoms with Crippen LogP contribution in [-0.4, -0.2) is 11.6 Å². The van der Waals surface area contributed by atoms with Crippen LogP contribution < -0.4 is 0 Å². The number of halogens is 2. The number of hydrogen-bond donors (Lipinski definition) is 0. The van der Waals surface area contributed by atoms with E-state index in [1.54, 1.807) is 6.92 Å². The molecule has 0 radical (unpaired) electrons. The lowest BCUT2D eigenvalue weighted by molar-refractivity contribution is 0.0910. The van der Waals surface area contributed by atoms with Crippen LogP contribution in [0.15, 0.2) is 22.4 Å². The molecule has 0 amide bonds. The fourth-order valence-corrected chi connectivity index (χ4v) is 6.44. The largest absolute Gasteiger partial charge is 0.294 e. The SMILES string of the molecule is CC(=O)c1sc(SCc2c(Cl)cccc2Cl)c2c1CC(C)(C)CC2=O. The summed E-state index contributed by atoms with van der Waals surface area (Å²) in [6, 6.07) is 5.43. The molecular formula is C19H18Cl2O2S2. The summed E-state index contributed by atoms with van der Waals surface area (Å²) in [7, 11) is 0. The van der Waals surface area contributed by atoms with Crippen LogP contribution in [0.25, 0.3) is 0 Å². The normalized spacial score (nSPS) is 16.0. The van der Waals surface area contributed by atoms with Crippen molar-refractivity contribution in [2.24, 2.45) is 5.41 Å². The van der Waals surface area contributed by atoms with Crippen LogP contribution in [0.4, 0.5) is 0 Å². The van der Waals surface area contributed by atoms with Gasteiger partial charge in [-0.15, -0.1) is 23.1 Å². The molecule has 0 bridgehead atoms. The van der Waals surface area contributed by atoms with Gasteiger partial charge in [-0.2, -0.15) is 0 Å². The van der Waals surface area contributed by atoms with Crippen molar-refractivity contribution in [3.8, 4) is 0 Å². The quantitative estimate of drug-likeness (QED) is 0.413. The maximum atomic E-state index is 12.7. The molecule has 0 spiro atoms. The van der Waals surface area contributed by atoms with Crippen LogP contribution in [0.3, 0.4) is 0 Å². The number of hydrogen-bond acceptors (Lipinski definition) is 4. The zero-order valence-electron chi connectivity index (χ0n) is 14.2. The maximum Gasteiger partial charge on any atom is 0.170 e. The third kappa shape index (κ3) is 3.82. The Kier molecular flexibility index (Phi) is 5.36. The Bertz CT molecular complexity index is 848. The van der Waals surface area contributed by atoms with Gasteiger partial charge in [0.1, 0.15) is 0 Å². The van der Waals surface area contributed by atoms with E-state index in [0.29, 0.717) is 27.1 Å². The summed E-state index contributed by atoms with van der Waals surface area (Å²) in [5, 5.41) is 1.23. The van der Waals surface area contributed by atoms with E-state index in [0.717, 1.165) is 27.3 Å². The summed E-state index contributed by atoms with van der Waals surface area (Å²) in [4.78, 5) is 25.5. The van der Waals surface area contributed by atoms with Gasteiger partial charge in [0.25, 0.3) is 0 Å². The third-order valence-corrected chi connectivity index (χ3v) is 7.62. The molecule has 1 aliphatic rings. The van der Waals surface area contributed by atoms with Gasteiger partial charge < -0.3 is 0 Å². The molecule has 2 nitrogen and oxygen atoms in total. The highest BCUT2D eigenvalue weighted by Gasteiger charge is 2.36. The molecule has 0 aliphatic heterocycles. The van der Waals surface area contributed by atoms with E-state index in [-0.39, 0.29) is 17.0 Å². The minimum absolute atomic E-state index is 0.0226. The number of rotatable bonds is 4. The first-order valence-electron chi connectivity index (χ1n) is 7.95. The van der Waals surface area contributed by atoms with Crippen LogP contribution in [0.2, 0.25) is 10.0 Å².